The van der Waals surface area contributed by atoms with Gasteiger partial charge in [-0.15, -0.1) is 0 Å². The minimum atomic E-state index is -1.61. The first-order valence-electron chi connectivity index (χ1n) is 5.32. The van der Waals surface area contributed by atoms with Crippen LogP contribution in [0.3, 0.4) is 0 Å². The molecule has 0 spiro atoms. The summed E-state index contributed by atoms with van der Waals surface area (Å²) in [5.74, 6) is -6.08. The molecule has 2 aromatic rings. The summed E-state index contributed by atoms with van der Waals surface area (Å²) in [5.41, 5.74) is 0.220. The fourth-order valence-corrected chi connectivity index (χ4v) is 1.66. The molecule has 0 bridgehead atoms. The molecule has 18 heavy (non-hydrogen) atoms. The molecular formula is C13H9F4N. The van der Waals surface area contributed by atoms with Gasteiger partial charge >= 0.3 is 0 Å². The van der Waals surface area contributed by atoms with E-state index in [0.717, 1.165) is 5.56 Å². The highest BCUT2D eigenvalue weighted by Gasteiger charge is 2.20. The maximum atomic E-state index is 13.3. The van der Waals surface area contributed by atoms with E-state index in [4.69, 9.17) is 0 Å². The van der Waals surface area contributed by atoms with E-state index in [9.17, 15) is 17.6 Å². The van der Waals surface area contributed by atoms with Crippen LogP contribution in [0.4, 0.5) is 17.6 Å². The van der Waals surface area contributed by atoms with Crippen LogP contribution < -0.4 is 0 Å². The summed E-state index contributed by atoms with van der Waals surface area (Å²) < 4.78 is 52.3. The van der Waals surface area contributed by atoms with Gasteiger partial charge in [0.2, 0.25) is 0 Å². The molecule has 0 amide bonds. The SMILES string of the molecule is Fc1nc(F)c(F)c(CCc2ccccc2)c1F. The quantitative estimate of drug-likeness (QED) is 0.605. The zero-order valence-corrected chi connectivity index (χ0v) is 9.26. The van der Waals surface area contributed by atoms with E-state index in [0.29, 0.717) is 0 Å². The maximum absolute atomic E-state index is 13.3. The second-order valence-electron chi connectivity index (χ2n) is 3.79. The maximum Gasteiger partial charge on any atom is 0.252 e. The summed E-state index contributed by atoms with van der Waals surface area (Å²) in [7, 11) is 0. The number of aryl methyl sites for hydroxylation is 1. The number of hydrogen-bond donors (Lipinski definition) is 0. The van der Waals surface area contributed by atoms with E-state index in [1.807, 2.05) is 0 Å². The van der Waals surface area contributed by atoms with E-state index in [1.54, 1.807) is 30.3 Å². The molecule has 0 aliphatic heterocycles. The van der Waals surface area contributed by atoms with Crippen molar-refractivity contribution in [1.82, 2.24) is 4.98 Å². The van der Waals surface area contributed by atoms with Crippen molar-refractivity contribution in [1.29, 1.82) is 0 Å². The monoisotopic (exact) mass is 255 g/mol. The van der Waals surface area contributed by atoms with Crippen molar-refractivity contribution in [3.05, 3.63) is 65.0 Å². The predicted octanol–water partition coefficient (Wildman–Crippen LogP) is 3.42. The normalized spacial score (nSPS) is 10.7. The average Bonchev–Trinajstić information content (AvgIpc) is 2.38. The van der Waals surface area contributed by atoms with Gasteiger partial charge in [-0.05, 0) is 18.4 Å². The molecule has 0 radical (unpaired) electrons. The van der Waals surface area contributed by atoms with Crippen LogP contribution in [0.1, 0.15) is 11.1 Å². The third-order valence-corrected chi connectivity index (χ3v) is 2.59. The fraction of sp³-hybridized carbons (Fsp3) is 0.154. The third kappa shape index (κ3) is 2.50. The van der Waals surface area contributed by atoms with Gasteiger partial charge in [0.05, 0.1) is 0 Å². The summed E-state index contributed by atoms with van der Waals surface area (Å²) in [6.07, 6.45) is 0.162. The average molecular weight is 255 g/mol. The van der Waals surface area contributed by atoms with Crippen molar-refractivity contribution in [3.8, 4) is 0 Å². The number of benzene rings is 1. The molecule has 1 aromatic carbocycles. The van der Waals surface area contributed by atoms with Crippen LogP contribution in [0, 0.1) is 23.5 Å². The first-order chi connectivity index (χ1) is 8.59. The highest BCUT2D eigenvalue weighted by atomic mass is 19.2. The molecular weight excluding hydrogens is 246 g/mol. The topological polar surface area (TPSA) is 12.9 Å². The summed E-state index contributed by atoms with van der Waals surface area (Å²) in [6.45, 7) is 0. The van der Waals surface area contributed by atoms with Gasteiger partial charge in [0.1, 0.15) is 0 Å². The summed E-state index contributed by atoms with van der Waals surface area (Å²) in [4.78, 5) is 2.51. The Labute approximate surface area is 101 Å². The Morgan fingerprint density at radius 1 is 0.778 bits per heavy atom. The molecule has 0 unspecified atom stereocenters. The molecule has 1 heterocycles. The van der Waals surface area contributed by atoms with E-state index in [1.165, 1.54) is 0 Å². The van der Waals surface area contributed by atoms with Crippen molar-refractivity contribution in [2.45, 2.75) is 12.8 Å². The molecule has 0 saturated carbocycles. The number of halogens is 4. The van der Waals surface area contributed by atoms with E-state index < -0.39 is 29.1 Å². The van der Waals surface area contributed by atoms with Crippen LogP contribution in [-0.2, 0) is 12.8 Å². The van der Waals surface area contributed by atoms with Crippen LogP contribution in [0.25, 0.3) is 0 Å². The molecule has 0 aliphatic rings. The summed E-state index contributed by atoms with van der Waals surface area (Å²) >= 11 is 0. The first kappa shape index (κ1) is 12.5. The highest BCUT2D eigenvalue weighted by molar-refractivity contribution is 5.21. The van der Waals surface area contributed by atoms with Crippen molar-refractivity contribution < 1.29 is 17.6 Å². The van der Waals surface area contributed by atoms with Crippen molar-refractivity contribution in [2.24, 2.45) is 0 Å². The Balaban J connectivity index is 2.24. The second-order valence-corrected chi connectivity index (χ2v) is 3.79. The largest absolute Gasteiger partial charge is 0.252 e. The van der Waals surface area contributed by atoms with E-state index >= 15 is 0 Å². The second kappa shape index (κ2) is 5.16. The lowest BCUT2D eigenvalue weighted by atomic mass is 10.0. The lowest BCUT2D eigenvalue weighted by molar-refractivity contribution is 0.395. The van der Waals surface area contributed by atoms with Gasteiger partial charge in [-0.2, -0.15) is 13.8 Å². The van der Waals surface area contributed by atoms with Crippen molar-refractivity contribution in [3.63, 3.8) is 0 Å². The molecule has 0 saturated heterocycles. The third-order valence-electron chi connectivity index (χ3n) is 2.59. The molecule has 1 nitrogen and oxygen atoms in total. The molecule has 0 atom stereocenters. The Hall–Kier alpha value is -1.91. The van der Waals surface area contributed by atoms with E-state index in [-0.39, 0.29) is 12.8 Å². The Bertz CT molecular complexity index is 528. The zero-order chi connectivity index (χ0) is 13.1. The molecule has 1 aromatic heterocycles. The van der Waals surface area contributed by atoms with Crippen molar-refractivity contribution in [2.75, 3.05) is 0 Å². The van der Waals surface area contributed by atoms with Crippen LogP contribution >= 0.6 is 0 Å². The number of aromatic nitrogens is 1. The van der Waals surface area contributed by atoms with Crippen LogP contribution in [-0.4, -0.2) is 4.98 Å². The Morgan fingerprint density at radius 3 is 1.89 bits per heavy atom. The van der Waals surface area contributed by atoms with Gasteiger partial charge in [0.25, 0.3) is 11.9 Å². The molecule has 2 rings (SSSR count). The van der Waals surface area contributed by atoms with Crippen LogP contribution in [0.2, 0.25) is 0 Å². The molecule has 0 N–H and O–H groups in total. The lowest BCUT2D eigenvalue weighted by Crippen LogP contribution is -2.07. The smallest absolute Gasteiger partial charge is 0.202 e. The predicted molar refractivity (Wildman–Crippen MR) is 57.9 cm³/mol. The minimum Gasteiger partial charge on any atom is -0.202 e. The lowest BCUT2D eigenvalue weighted by Gasteiger charge is -2.06. The minimum absolute atomic E-state index is 0.127. The summed E-state index contributed by atoms with van der Waals surface area (Å²) in [6, 6.07) is 8.88. The number of hydrogen-bond acceptors (Lipinski definition) is 1. The van der Waals surface area contributed by atoms with Gasteiger partial charge in [-0.1, -0.05) is 30.3 Å². The van der Waals surface area contributed by atoms with Gasteiger partial charge < -0.3 is 0 Å². The van der Waals surface area contributed by atoms with Gasteiger partial charge in [0, 0.05) is 5.56 Å². The van der Waals surface area contributed by atoms with E-state index in [2.05, 4.69) is 4.98 Å². The molecule has 0 fully saturated rings. The zero-order valence-electron chi connectivity index (χ0n) is 9.26. The van der Waals surface area contributed by atoms with Gasteiger partial charge in [0.15, 0.2) is 11.6 Å². The van der Waals surface area contributed by atoms with Gasteiger partial charge in [-0.3, -0.25) is 0 Å². The number of rotatable bonds is 3. The summed E-state index contributed by atoms with van der Waals surface area (Å²) in [5, 5.41) is 0. The van der Waals surface area contributed by atoms with Gasteiger partial charge in [-0.25, -0.2) is 8.78 Å². The molecule has 5 heteroatoms. The standard InChI is InChI=1S/C13H9F4N/c14-10-9(11(15)13(17)18-12(10)16)7-6-8-4-2-1-3-5-8/h1-5H,6-7H2. The molecule has 94 valence electrons. The Morgan fingerprint density at radius 2 is 1.33 bits per heavy atom. The van der Waals surface area contributed by atoms with Crippen LogP contribution in [0.5, 0.6) is 0 Å². The highest BCUT2D eigenvalue weighted by Crippen LogP contribution is 2.18. The molecule has 0 aliphatic carbocycles. The number of nitrogens with zero attached hydrogens (tertiary/aromatic N) is 1. The van der Waals surface area contributed by atoms with Crippen molar-refractivity contribution >= 4 is 0 Å². The fourth-order valence-electron chi connectivity index (χ4n) is 1.66. The number of pyridine rings is 1. The first-order valence-corrected chi connectivity index (χ1v) is 5.32. The Kier molecular flexibility index (Phi) is 3.60. The van der Waals surface area contributed by atoms with Crippen LogP contribution in [0.15, 0.2) is 30.3 Å².